The minimum atomic E-state index is -4.34. The summed E-state index contributed by atoms with van der Waals surface area (Å²) in [4.78, 5) is 0. The van der Waals surface area contributed by atoms with E-state index in [4.69, 9.17) is 5.73 Å². The first-order chi connectivity index (χ1) is 8.80. The molecule has 0 spiro atoms. The third-order valence-electron chi connectivity index (χ3n) is 2.95. The number of anilines is 1. The van der Waals surface area contributed by atoms with Gasteiger partial charge in [-0.2, -0.15) is 13.2 Å². The van der Waals surface area contributed by atoms with Crippen LogP contribution in [-0.4, -0.2) is 4.57 Å². The summed E-state index contributed by atoms with van der Waals surface area (Å²) in [5, 5.41) is 0. The fourth-order valence-electron chi connectivity index (χ4n) is 2.13. The predicted octanol–water partition coefficient (Wildman–Crippen LogP) is 4.34. The van der Waals surface area contributed by atoms with Gasteiger partial charge in [-0.25, -0.2) is 0 Å². The standard InChI is InChI=1S/C14H15F3N2/c1-9(2)19-12(6-7-13(19)18)10-4-3-5-11(8-10)14(15,16)17/h3-9H,18H2,1-2H3. The summed E-state index contributed by atoms with van der Waals surface area (Å²) in [6.07, 6.45) is -4.34. The van der Waals surface area contributed by atoms with Crippen LogP contribution in [-0.2, 0) is 6.18 Å². The molecule has 102 valence electrons. The SMILES string of the molecule is CC(C)n1c(N)ccc1-c1cccc(C(F)(F)F)c1. The number of nitrogen functional groups attached to an aromatic ring is 1. The number of nitrogens with zero attached hydrogens (tertiary/aromatic N) is 1. The van der Waals surface area contributed by atoms with Crippen molar-refractivity contribution in [1.82, 2.24) is 4.57 Å². The Bertz CT molecular complexity index is 583. The van der Waals surface area contributed by atoms with Crippen LogP contribution in [0.2, 0.25) is 0 Å². The van der Waals surface area contributed by atoms with E-state index in [1.54, 1.807) is 18.2 Å². The van der Waals surface area contributed by atoms with Gasteiger partial charge in [-0.15, -0.1) is 0 Å². The molecule has 0 radical (unpaired) electrons. The first-order valence-corrected chi connectivity index (χ1v) is 5.95. The molecule has 2 rings (SSSR count). The second-order valence-electron chi connectivity index (χ2n) is 4.69. The number of rotatable bonds is 2. The van der Waals surface area contributed by atoms with Crippen LogP contribution in [0, 0.1) is 0 Å². The van der Waals surface area contributed by atoms with E-state index in [1.165, 1.54) is 6.07 Å². The maximum absolute atomic E-state index is 12.7. The molecule has 1 aromatic carbocycles. The topological polar surface area (TPSA) is 30.9 Å². The van der Waals surface area contributed by atoms with Crippen molar-refractivity contribution in [2.24, 2.45) is 0 Å². The minimum absolute atomic E-state index is 0.0829. The van der Waals surface area contributed by atoms with Crippen LogP contribution in [0.15, 0.2) is 36.4 Å². The van der Waals surface area contributed by atoms with Crippen LogP contribution in [0.1, 0.15) is 25.5 Å². The van der Waals surface area contributed by atoms with Gasteiger partial charge in [0.15, 0.2) is 0 Å². The number of alkyl halides is 3. The van der Waals surface area contributed by atoms with Crippen LogP contribution >= 0.6 is 0 Å². The summed E-state index contributed by atoms with van der Waals surface area (Å²) < 4.78 is 40.0. The number of hydrogen-bond donors (Lipinski definition) is 1. The van der Waals surface area contributed by atoms with Crippen LogP contribution < -0.4 is 5.73 Å². The van der Waals surface area contributed by atoms with E-state index in [2.05, 4.69) is 0 Å². The Labute approximate surface area is 109 Å². The Morgan fingerprint density at radius 3 is 2.37 bits per heavy atom. The van der Waals surface area contributed by atoms with Gasteiger partial charge in [-0.05, 0) is 43.7 Å². The van der Waals surface area contributed by atoms with E-state index in [-0.39, 0.29) is 6.04 Å². The third-order valence-corrected chi connectivity index (χ3v) is 2.95. The minimum Gasteiger partial charge on any atom is -0.385 e. The van der Waals surface area contributed by atoms with Gasteiger partial charge in [-0.1, -0.05) is 12.1 Å². The van der Waals surface area contributed by atoms with Gasteiger partial charge in [0.05, 0.1) is 5.56 Å². The molecule has 2 N–H and O–H groups in total. The Morgan fingerprint density at radius 1 is 1.11 bits per heavy atom. The average Bonchev–Trinajstić information content (AvgIpc) is 2.70. The number of hydrogen-bond acceptors (Lipinski definition) is 1. The summed E-state index contributed by atoms with van der Waals surface area (Å²) in [5.41, 5.74) is 6.40. The van der Waals surface area contributed by atoms with Crippen LogP contribution in [0.3, 0.4) is 0 Å². The second-order valence-corrected chi connectivity index (χ2v) is 4.69. The summed E-state index contributed by atoms with van der Waals surface area (Å²) in [6, 6.07) is 8.80. The zero-order chi connectivity index (χ0) is 14.2. The fraction of sp³-hybridized carbons (Fsp3) is 0.286. The summed E-state index contributed by atoms with van der Waals surface area (Å²) in [5.74, 6) is 0.544. The van der Waals surface area contributed by atoms with Gasteiger partial charge in [0.2, 0.25) is 0 Å². The third kappa shape index (κ3) is 2.59. The molecule has 1 aromatic heterocycles. The summed E-state index contributed by atoms with van der Waals surface area (Å²) in [6.45, 7) is 3.88. The highest BCUT2D eigenvalue weighted by molar-refractivity contribution is 5.65. The van der Waals surface area contributed by atoms with Crippen molar-refractivity contribution in [3.8, 4) is 11.3 Å². The first kappa shape index (κ1) is 13.5. The van der Waals surface area contributed by atoms with Crippen LogP contribution in [0.25, 0.3) is 11.3 Å². The number of nitrogens with two attached hydrogens (primary N) is 1. The Morgan fingerprint density at radius 2 is 1.79 bits per heavy atom. The zero-order valence-electron chi connectivity index (χ0n) is 10.7. The van der Waals surface area contributed by atoms with Crippen molar-refractivity contribution in [2.45, 2.75) is 26.1 Å². The molecule has 0 aliphatic rings. The maximum Gasteiger partial charge on any atom is 0.416 e. The first-order valence-electron chi connectivity index (χ1n) is 5.95. The van der Waals surface area contributed by atoms with Crippen LogP contribution in [0.5, 0.6) is 0 Å². The molecule has 1 heterocycles. The lowest BCUT2D eigenvalue weighted by Crippen LogP contribution is -2.08. The lowest BCUT2D eigenvalue weighted by atomic mass is 10.1. The van der Waals surface area contributed by atoms with E-state index in [0.29, 0.717) is 17.1 Å². The van der Waals surface area contributed by atoms with Gasteiger partial charge < -0.3 is 10.3 Å². The molecule has 0 amide bonds. The van der Waals surface area contributed by atoms with Gasteiger partial charge in [0.1, 0.15) is 5.82 Å². The molecule has 0 aliphatic carbocycles. The molecule has 0 unspecified atom stereocenters. The molecule has 0 atom stereocenters. The summed E-state index contributed by atoms with van der Waals surface area (Å²) in [7, 11) is 0. The van der Waals surface area contributed by atoms with Gasteiger partial charge in [-0.3, -0.25) is 0 Å². The number of halogens is 3. The van der Waals surface area contributed by atoms with Crippen molar-refractivity contribution < 1.29 is 13.2 Å². The number of benzene rings is 1. The molecule has 5 heteroatoms. The maximum atomic E-state index is 12.7. The predicted molar refractivity (Wildman–Crippen MR) is 69.7 cm³/mol. The summed E-state index contributed by atoms with van der Waals surface area (Å²) >= 11 is 0. The Hall–Kier alpha value is -1.91. The van der Waals surface area contributed by atoms with Gasteiger partial charge in [0.25, 0.3) is 0 Å². The average molecular weight is 268 g/mol. The quantitative estimate of drug-likeness (QED) is 0.863. The molecular formula is C14H15F3N2. The molecule has 0 fully saturated rings. The van der Waals surface area contributed by atoms with Crippen LogP contribution in [0.4, 0.5) is 19.0 Å². The molecule has 2 nitrogen and oxygen atoms in total. The lowest BCUT2D eigenvalue weighted by molar-refractivity contribution is -0.137. The Kier molecular flexibility index (Phi) is 3.30. The van der Waals surface area contributed by atoms with Crippen molar-refractivity contribution in [2.75, 3.05) is 5.73 Å². The molecule has 2 aromatic rings. The fourth-order valence-corrected chi connectivity index (χ4v) is 2.13. The second kappa shape index (κ2) is 4.64. The lowest BCUT2D eigenvalue weighted by Gasteiger charge is -2.16. The normalized spacial score (nSPS) is 12.1. The van der Waals surface area contributed by atoms with Crippen molar-refractivity contribution in [1.29, 1.82) is 0 Å². The van der Waals surface area contributed by atoms with Crippen molar-refractivity contribution in [3.63, 3.8) is 0 Å². The van der Waals surface area contributed by atoms with Gasteiger partial charge >= 0.3 is 6.18 Å². The largest absolute Gasteiger partial charge is 0.416 e. The van der Waals surface area contributed by atoms with E-state index in [0.717, 1.165) is 12.1 Å². The van der Waals surface area contributed by atoms with E-state index in [9.17, 15) is 13.2 Å². The highest BCUT2D eigenvalue weighted by Gasteiger charge is 2.30. The highest BCUT2D eigenvalue weighted by atomic mass is 19.4. The monoisotopic (exact) mass is 268 g/mol. The Balaban J connectivity index is 2.54. The smallest absolute Gasteiger partial charge is 0.385 e. The van der Waals surface area contributed by atoms with E-state index in [1.807, 2.05) is 18.4 Å². The molecule has 0 bridgehead atoms. The molecular weight excluding hydrogens is 253 g/mol. The van der Waals surface area contributed by atoms with Gasteiger partial charge in [0, 0.05) is 11.7 Å². The number of aromatic nitrogens is 1. The highest BCUT2D eigenvalue weighted by Crippen LogP contribution is 2.34. The molecule has 0 saturated carbocycles. The molecule has 19 heavy (non-hydrogen) atoms. The molecule has 0 saturated heterocycles. The zero-order valence-corrected chi connectivity index (χ0v) is 10.7. The van der Waals surface area contributed by atoms with E-state index >= 15 is 0 Å². The van der Waals surface area contributed by atoms with E-state index < -0.39 is 11.7 Å². The molecule has 0 aliphatic heterocycles. The van der Waals surface area contributed by atoms with Crippen molar-refractivity contribution >= 4 is 5.82 Å². The van der Waals surface area contributed by atoms with Crippen molar-refractivity contribution in [3.05, 3.63) is 42.0 Å².